The zero-order valence-corrected chi connectivity index (χ0v) is 17.9. The quantitative estimate of drug-likeness (QED) is 0.722. The Kier molecular flexibility index (Phi) is 7.16. The Morgan fingerprint density at radius 2 is 1.90 bits per heavy atom. The zero-order valence-electron chi connectivity index (χ0n) is 16.3. The molecule has 156 valence electrons. The molecular formula is C21H25ClN2O4S. The zero-order chi connectivity index (χ0) is 20.9. The molecule has 0 radical (unpaired) electrons. The number of amides is 1. The van der Waals surface area contributed by atoms with Crippen LogP contribution in [-0.2, 0) is 21.2 Å². The monoisotopic (exact) mass is 436 g/mol. The maximum absolute atomic E-state index is 13.1. The number of piperidine rings is 1. The number of nitrogens with zero attached hydrogens (tertiary/aromatic N) is 1. The molecule has 1 aliphatic heterocycles. The Morgan fingerprint density at radius 1 is 1.17 bits per heavy atom. The highest BCUT2D eigenvalue weighted by molar-refractivity contribution is 7.89. The van der Waals surface area contributed by atoms with E-state index in [-0.39, 0.29) is 10.8 Å². The molecule has 0 bridgehead atoms. The van der Waals surface area contributed by atoms with Crippen LogP contribution in [0.2, 0.25) is 5.02 Å². The minimum Gasteiger partial charge on any atom is -0.496 e. The number of benzene rings is 2. The van der Waals surface area contributed by atoms with Crippen LogP contribution in [0.5, 0.6) is 5.75 Å². The Labute approximate surface area is 176 Å². The Morgan fingerprint density at radius 3 is 2.62 bits per heavy atom. The minimum atomic E-state index is -3.77. The SMILES string of the molecule is COc1ccccc1CCNC(=O)C1CCCCN1S(=O)(=O)c1ccc(Cl)cc1. The fraction of sp³-hybridized carbons (Fsp3) is 0.381. The van der Waals surface area contributed by atoms with Gasteiger partial charge in [-0.15, -0.1) is 0 Å². The summed E-state index contributed by atoms with van der Waals surface area (Å²) in [7, 11) is -2.16. The molecule has 6 nitrogen and oxygen atoms in total. The normalized spacial score (nSPS) is 17.7. The lowest BCUT2D eigenvalue weighted by atomic mass is 10.0. The highest BCUT2D eigenvalue weighted by Gasteiger charge is 2.37. The van der Waals surface area contributed by atoms with Gasteiger partial charge in [0.2, 0.25) is 15.9 Å². The van der Waals surface area contributed by atoms with Crippen molar-refractivity contribution >= 4 is 27.5 Å². The topological polar surface area (TPSA) is 75.7 Å². The molecule has 0 spiro atoms. The van der Waals surface area contributed by atoms with Crippen molar-refractivity contribution in [3.63, 3.8) is 0 Å². The summed E-state index contributed by atoms with van der Waals surface area (Å²) in [6.45, 7) is 0.736. The largest absolute Gasteiger partial charge is 0.496 e. The molecular weight excluding hydrogens is 412 g/mol. The van der Waals surface area contributed by atoms with Gasteiger partial charge in [-0.25, -0.2) is 8.42 Å². The first-order valence-electron chi connectivity index (χ1n) is 9.60. The lowest BCUT2D eigenvalue weighted by molar-refractivity contribution is -0.125. The summed E-state index contributed by atoms with van der Waals surface area (Å²) in [5.74, 6) is 0.503. The lowest BCUT2D eigenvalue weighted by Gasteiger charge is -2.33. The van der Waals surface area contributed by atoms with Crippen molar-refractivity contribution in [2.45, 2.75) is 36.6 Å². The van der Waals surface area contributed by atoms with Gasteiger partial charge < -0.3 is 10.1 Å². The van der Waals surface area contributed by atoms with Crippen molar-refractivity contribution in [1.82, 2.24) is 9.62 Å². The van der Waals surface area contributed by atoms with Crippen molar-refractivity contribution in [2.24, 2.45) is 0 Å². The predicted octanol–water partition coefficient (Wildman–Crippen LogP) is 3.25. The minimum absolute atomic E-state index is 0.149. The fourth-order valence-electron chi connectivity index (χ4n) is 3.54. The van der Waals surface area contributed by atoms with E-state index < -0.39 is 16.1 Å². The van der Waals surface area contributed by atoms with Crippen LogP contribution in [0, 0.1) is 0 Å². The molecule has 0 aliphatic carbocycles. The highest BCUT2D eigenvalue weighted by atomic mass is 35.5. The molecule has 1 fully saturated rings. The number of sulfonamides is 1. The average molecular weight is 437 g/mol. The molecule has 2 aromatic carbocycles. The predicted molar refractivity (Wildman–Crippen MR) is 113 cm³/mol. The summed E-state index contributed by atoms with van der Waals surface area (Å²) >= 11 is 5.87. The maximum Gasteiger partial charge on any atom is 0.243 e. The van der Waals surface area contributed by atoms with E-state index in [1.54, 1.807) is 19.2 Å². The summed E-state index contributed by atoms with van der Waals surface area (Å²) in [6.07, 6.45) is 2.66. The van der Waals surface area contributed by atoms with Crippen LogP contribution >= 0.6 is 11.6 Å². The maximum atomic E-state index is 13.1. The smallest absolute Gasteiger partial charge is 0.243 e. The summed E-state index contributed by atoms with van der Waals surface area (Å²) in [5.41, 5.74) is 0.990. The van der Waals surface area contributed by atoms with E-state index in [0.717, 1.165) is 24.2 Å². The first kappa shape index (κ1) is 21.6. The van der Waals surface area contributed by atoms with Crippen molar-refractivity contribution in [2.75, 3.05) is 20.2 Å². The molecule has 1 amide bonds. The van der Waals surface area contributed by atoms with E-state index in [2.05, 4.69) is 5.32 Å². The van der Waals surface area contributed by atoms with E-state index in [9.17, 15) is 13.2 Å². The molecule has 0 aromatic heterocycles. The number of carbonyl (C=O) groups excluding carboxylic acids is 1. The molecule has 1 aliphatic rings. The van der Waals surface area contributed by atoms with Crippen LogP contribution in [0.1, 0.15) is 24.8 Å². The van der Waals surface area contributed by atoms with Crippen LogP contribution in [0.4, 0.5) is 0 Å². The molecule has 1 atom stereocenters. The van der Waals surface area contributed by atoms with Crippen LogP contribution in [0.15, 0.2) is 53.4 Å². The van der Waals surface area contributed by atoms with Crippen LogP contribution in [0.25, 0.3) is 0 Å². The number of hydrogen-bond acceptors (Lipinski definition) is 4. The van der Waals surface area contributed by atoms with E-state index in [0.29, 0.717) is 31.0 Å². The number of methoxy groups -OCH3 is 1. The molecule has 0 saturated carbocycles. The van der Waals surface area contributed by atoms with Gasteiger partial charge in [0.25, 0.3) is 0 Å². The van der Waals surface area contributed by atoms with E-state index in [1.807, 2.05) is 24.3 Å². The summed E-state index contributed by atoms with van der Waals surface area (Å²) < 4.78 is 32.8. The van der Waals surface area contributed by atoms with Crippen molar-refractivity contribution in [3.8, 4) is 5.75 Å². The first-order valence-corrected chi connectivity index (χ1v) is 11.4. The standard InChI is InChI=1S/C21H25ClN2O4S/c1-28-20-8-3-2-6-16(20)13-14-23-21(25)19-7-4-5-15-24(19)29(26,27)18-11-9-17(22)10-12-18/h2-3,6,8-12,19H,4-5,7,13-15H2,1H3,(H,23,25). The Bertz CT molecular complexity index is 947. The number of nitrogens with one attached hydrogen (secondary N) is 1. The van der Waals surface area contributed by atoms with E-state index in [4.69, 9.17) is 16.3 Å². The van der Waals surface area contributed by atoms with Crippen LogP contribution in [-0.4, -0.2) is 44.9 Å². The number of hydrogen-bond donors (Lipinski definition) is 1. The van der Waals surface area contributed by atoms with Gasteiger partial charge in [-0.2, -0.15) is 4.31 Å². The summed E-state index contributed by atoms with van der Waals surface area (Å²) in [6, 6.07) is 13.0. The molecule has 1 unspecified atom stereocenters. The van der Waals surface area contributed by atoms with E-state index in [1.165, 1.54) is 16.4 Å². The van der Waals surface area contributed by atoms with Gasteiger partial charge in [-0.3, -0.25) is 4.79 Å². The molecule has 1 saturated heterocycles. The van der Waals surface area contributed by atoms with Crippen molar-refractivity contribution in [3.05, 3.63) is 59.1 Å². The van der Waals surface area contributed by atoms with Gasteiger partial charge >= 0.3 is 0 Å². The third kappa shape index (κ3) is 5.10. The number of halogens is 1. The fourth-order valence-corrected chi connectivity index (χ4v) is 5.33. The van der Waals surface area contributed by atoms with Gasteiger partial charge in [-0.05, 0) is 55.2 Å². The lowest BCUT2D eigenvalue weighted by Crippen LogP contribution is -2.52. The van der Waals surface area contributed by atoms with Crippen LogP contribution in [0.3, 0.4) is 0 Å². The van der Waals surface area contributed by atoms with Crippen LogP contribution < -0.4 is 10.1 Å². The second-order valence-electron chi connectivity index (χ2n) is 6.93. The molecule has 3 rings (SSSR count). The Balaban J connectivity index is 1.68. The molecule has 2 aromatic rings. The first-order chi connectivity index (χ1) is 13.9. The highest BCUT2D eigenvalue weighted by Crippen LogP contribution is 2.26. The van der Waals surface area contributed by atoms with Gasteiger partial charge in [0.1, 0.15) is 11.8 Å². The van der Waals surface area contributed by atoms with Gasteiger partial charge in [0, 0.05) is 18.1 Å². The van der Waals surface area contributed by atoms with Crippen molar-refractivity contribution < 1.29 is 17.9 Å². The second-order valence-corrected chi connectivity index (χ2v) is 9.26. The summed E-state index contributed by atoms with van der Waals surface area (Å²) in [5, 5.41) is 3.36. The number of carbonyl (C=O) groups is 1. The second kappa shape index (κ2) is 9.61. The number of ether oxygens (including phenoxy) is 1. The van der Waals surface area contributed by atoms with Gasteiger partial charge in [0.15, 0.2) is 0 Å². The third-order valence-corrected chi connectivity index (χ3v) is 7.24. The molecule has 8 heteroatoms. The number of rotatable bonds is 7. The summed E-state index contributed by atoms with van der Waals surface area (Å²) in [4.78, 5) is 13.0. The molecule has 29 heavy (non-hydrogen) atoms. The third-order valence-electron chi connectivity index (χ3n) is 5.06. The number of para-hydroxylation sites is 1. The molecule has 1 heterocycles. The average Bonchev–Trinajstić information content (AvgIpc) is 2.74. The Hall–Kier alpha value is -2.09. The van der Waals surface area contributed by atoms with Gasteiger partial charge in [0.05, 0.1) is 12.0 Å². The molecule has 1 N–H and O–H groups in total. The van der Waals surface area contributed by atoms with E-state index >= 15 is 0 Å². The van der Waals surface area contributed by atoms with Gasteiger partial charge in [-0.1, -0.05) is 36.2 Å². The van der Waals surface area contributed by atoms with Crippen molar-refractivity contribution in [1.29, 1.82) is 0 Å².